The Kier molecular flexibility index (Phi) is 5.33. The van der Waals surface area contributed by atoms with Gasteiger partial charge in [0.25, 0.3) is 0 Å². The van der Waals surface area contributed by atoms with E-state index in [0.29, 0.717) is 12.3 Å². The number of hydrogen-bond donors (Lipinski definition) is 2. The molecule has 0 rings (SSSR count). The third-order valence-electron chi connectivity index (χ3n) is 2.48. The molecule has 0 aromatic heterocycles. The molecule has 0 aliphatic carbocycles. The van der Waals surface area contributed by atoms with Crippen LogP contribution in [-0.2, 0) is 9.59 Å². The first-order valence-electron chi connectivity index (χ1n) is 5.19. The lowest BCUT2D eigenvalue weighted by Gasteiger charge is -2.26. The van der Waals surface area contributed by atoms with E-state index in [9.17, 15) is 9.59 Å². The fourth-order valence-electron chi connectivity index (χ4n) is 1.61. The Bertz CT molecular complexity index is 217. The van der Waals surface area contributed by atoms with E-state index in [1.165, 1.54) is 0 Å². The van der Waals surface area contributed by atoms with E-state index in [2.05, 4.69) is 0 Å². The van der Waals surface area contributed by atoms with Gasteiger partial charge < -0.3 is 10.2 Å². The van der Waals surface area contributed by atoms with Crippen LogP contribution in [0.4, 0.5) is 0 Å². The first-order chi connectivity index (χ1) is 6.75. The zero-order valence-corrected chi connectivity index (χ0v) is 9.62. The topological polar surface area (TPSA) is 74.6 Å². The van der Waals surface area contributed by atoms with Crippen molar-refractivity contribution < 1.29 is 19.8 Å². The van der Waals surface area contributed by atoms with Crippen LogP contribution in [0, 0.1) is 11.3 Å². The predicted molar refractivity (Wildman–Crippen MR) is 56.7 cm³/mol. The van der Waals surface area contributed by atoms with E-state index >= 15 is 0 Å². The third kappa shape index (κ3) is 6.94. The molecule has 0 aromatic rings. The van der Waals surface area contributed by atoms with Gasteiger partial charge in [0.05, 0.1) is 12.8 Å². The summed E-state index contributed by atoms with van der Waals surface area (Å²) in [6, 6.07) is 0. The Morgan fingerprint density at radius 3 is 1.80 bits per heavy atom. The van der Waals surface area contributed by atoms with Gasteiger partial charge in [-0.1, -0.05) is 27.2 Å². The summed E-state index contributed by atoms with van der Waals surface area (Å²) in [5, 5.41) is 17.5. The lowest BCUT2D eigenvalue weighted by Crippen LogP contribution is -2.25. The van der Waals surface area contributed by atoms with Crippen LogP contribution in [0.25, 0.3) is 0 Å². The van der Waals surface area contributed by atoms with Gasteiger partial charge in [-0.3, -0.25) is 9.59 Å². The van der Waals surface area contributed by atoms with Crippen LogP contribution >= 0.6 is 0 Å². The molecule has 2 N–H and O–H groups in total. The molecular weight excluding hydrogens is 196 g/mol. The van der Waals surface area contributed by atoms with Crippen LogP contribution in [-0.4, -0.2) is 22.2 Å². The number of rotatable bonds is 7. The highest BCUT2D eigenvalue weighted by Crippen LogP contribution is 2.33. The minimum absolute atomic E-state index is 0.0774. The standard InChI is InChI=1S/C11H20O4/c1-8(2)4-5-11(3,6-9(12)13)7-10(14)15/h8H,4-7H2,1-3H3,(H,12,13)(H,14,15). The van der Waals surface area contributed by atoms with Crippen molar-refractivity contribution in [3.05, 3.63) is 0 Å². The third-order valence-corrected chi connectivity index (χ3v) is 2.48. The number of carboxylic acid groups (broad SMARTS) is 2. The molecule has 0 aliphatic heterocycles. The monoisotopic (exact) mass is 216 g/mol. The lowest BCUT2D eigenvalue weighted by atomic mass is 9.78. The van der Waals surface area contributed by atoms with E-state index in [-0.39, 0.29) is 12.8 Å². The average molecular weight is 216 g/mol. The molecule has 4 nitrogen and oxygen atoms in total. The van der Waals surface area contributed by atoms with Crippen molar-refractivity contribution in [2.24, 2.45) is 11.3 Å². The van der Waals surface area contributed by atoms with Crippen molar-refractivity contribution in [2.45, 2.75) is 46.5 Å². The van der Waals surface area contributed by atoms with Crippen LogP contribution in [0.5, 0.6) is 0 Å². The van der Waals surface area contributed by atoms with Crippen molar-refractivity contribution in [1.82, 2.24) is 0 Å². The van der Waals surface area contributed by atoms with Crippen molar-refractivity contribution in [1.29, 1.82) is 0 Å². The van der Waals surface area contributed by atoms with Gasteiger partial charge >= 0.3 is 11.9 Å². The molecule has 0 aromatic carbocycles. The Morgan fingerprint density at radius 2 is 1.53 bits per heavy atom. The van der Waals surface area contributed by atoms with Crippen LogP contribution in [0.3, 0.4) is 0 Å². The van der Waals surface area contributed by atoms with Crippen molar-refractivity contribution >= 4 is 11.9 Å². The molecule has 88 valence electrons. The van der Waals surface area contributed by atoms with Gasteiger partial charge in [0.15, 0.2) is 0 Å². The molecule has 15 heavy (non-hydrogen) atoms. The first-order valence-corrected chi connectivity index (χ1v) is 5.19. The van der Waals surface area contributed by atoms with Crippen LogP contribution < -0.4 is 0 Å². The highest BCUT2D eigenvalue weighted by molar-refractivity contribution is 5.71. The molecule has 0 aliphatic rings. The second kappa shape index (κ2) is 5.73. The van der Waals surface area contributed by atoms with Gasteiger partial charge in [-0.05, 0) is 17.8 Å². The minimum atomic E-state index is -0.928. The summed E-state index contributed by atoms with van der Waals surface area (Å²) in [7, 11) is 0. The summed E-state index contributed by atoms with van der Waals surface area (Å²) in [6.07, 6.45) is 1.35. The second-order valence-corrected chi connectivity index (χ2v) is 4.88. The summed E-state index contributed by atoms with van der Waals surface area (Å²) in [5.41, 5.74) is -0.623. The fraction of sp³-hybridized carbons (Fsp3) is 0.818. The van der Waals surface area contributed by atoms with E-state index in [0.717, 1.165) is 6.42 Å². The second-order valence-electron chi connectivity index (χ2n) is 4.88. The van der Waals surface area contributed by atoms with Crippen molar-refractivity contribution in [3.63, 3.8) is 0 Å². The van der Waals surface area contributed by atoms with E-state index in [1.54, 1.807) is 6.92 Å². The number of carbonyl (C=O) groups is 2. The zero-order chi connectivity index (χ0) is 12.1. The summed E-state index contributed by atoms with van der Waals surface area (Å²) in [5.74, 6) is -1.39. The Balaban J connectivity index is 4.39. The summed E-state index contributed by atoms with van der Waals surface area (Å²) < 4.78 is 0. The SMILES string of the molecule is CC(C)CCC(C)(CC(=O)O)CC(=O)O. The molecule has 0 heterocycles. The first kappa shape index (κ1) is 13.9. The molecule has 4 heteroatoms. The molecule has 0 unspecified atom stereocenters. The Labute approximate surface area is 90.3 Å². The van der Waals surface area contributed by atoms with Crippen molar-refractivity contribution in [3.8, 4) is 0 Å². The normalized spacial score (nSPS) is 11.7. The van der Waals surface area contributed by atoms with Gasteiger partial charge in [0.1, 0.15) is 0 Å². The van der Waals surface area contributed by atoms with Gasteiger partial charge in [-0.15, -0.1) is 0 Å². The average Bonchev–Trinajstić information content (AvgIpc) is 1.97. The molecule has 0 amide bonds. The van der Waals surface area contributed by atoms with E-state index < -0.39 is 17.4 Å². The summed E-state index contributed by atoms with van der Waals surface area (Å²) >= 11 is 0. The molecular formula is C11H20O4. The molecule has 0 radical (unpaired) electrons. The Morgan fingerprint density at radius 1 is 1.13 bits per heavy atom. The van der Waals surface area contributed by atoms with Gasteiger partial charge in [-0.2, -0.15) is 0 Å². The maximum atomic E-state index is 10.6. The predicted octanol–water partition coefficient (Wildman–Crippen LogP) is 2.38. The summed E-state index contributed by atoms with van der Waals surface area (Å²) in [4.78, 5) is 21.3. The minimum Gasteiger partial charge on any atom is -0.481 e. The molecule has 0 fully saturated rings. The quantitative estimate of drug-likeness (QED) is 0.685. The number of hydrogen-bond acceptors (Lipinski definition) is 2. The molecule has 0 atom stereocenters. The van der Waals surface area contributed by atoms with Crippen LogP contribution in [0.1, 0.15) is 46.5 Å². The smallest absolute Gasteiger partial charge is 0.303 e. The molecule has 0 saturated carbocycles. The number of carboxylic acids is 2. The largest absolute Gasteiger partial charge is 0.481 e. The van der Waals surface area contributed by atoms with E-state index in [1.807, 2.05) is 13.8 Å². The van der Waals surface area contributed by atoms with Crippen LogP contribution in [0.15, 0.2) is 0 Å². The van der Waals surface area contributed by atoms with Gasteiger partial charge in [0, 0.05) is 0 Å². The van der Waals surface area contributed by atoms with Crippen molar-refractivity contribution in [2.75, 3.05) is 0 Å². The van der Waals surface area contributed by atoms with Gasteiger partial charge in [0.2, 0.25) is 0 Å². The molecule has 0 spiro atoms. The summed E-state index contributed by atoms with van der Waals surface area (Å²) in [6.45, 7) is 5.82. The number of aliphatic carboxylic acids is 2. The lowest BCUT2D eigenvalue weighted by molar-refractivity contribution is -0.143. The van der Waals surface area contributed by atoms with Crippen LogP contribution in [0.2, 0.25) is 0 Å². The molecule has 0 bridgehead atoms. The highest BCUT2D eigenvalue weighted by Gasteiger charge is 2.30. The molecule has 0 saturated heterocycles. The van der Waals surface area contributed by atoms with Gasteiger partial charge in [-0.25, -0.2) is 0 Å². The van der Waals surface area contributed by atoms with E-state index in [4.69, 9.17) is 10.2 Å². The maximum Gasteiger partial charge on any atom is 0.303 e. The fourth-order valence-corrected chi connectivity index (χ4v) is 1.61. The maximum absolute atomic E-state index is 10.6. The highest BCUT2D eigenvalue weighted by atomic mass is 16.4. The Hall–Kier alpha value is -1.06. The zero-order valence-electron chi connectivity index (χ0n) is 9.62.